The first-order valence-electron chi connectivity index (χ1n) is 4.26. The highest BCUT2D eigenvalue weighted by Crippen LogP contribution is 2.31. The summed E-state index contributed by atoms with van der Waals surface area (Å²) in [6, 6.07) is 1.51. The van der Waals surface area contributed by atoms with E-state index in [9.17, 15) is 10.1 Å². The molecule has 6 nitrogen and oxygen atoms in total. The van der Waals surface area contributed by atoms with E-state index in [1.165, 1.54) is 19.4 Å². The summed E-state index contributed by atoms with van der Waals surface area (Å²) in [5, 5.41) is 11.1. The molecule has 0 aliphatic carbocycles. The monoisotopic (exact) mass is 239 g/mol. The van der Waals surface area contributed by atoms with Crippen molar-refractivity contribution in [1.82, 2.24) is 9.97 Å². The molecule has 7 heteroatoms. The highest BCUT2D eigenvalue weighted by molar-refractivity contribution is 6.37. The predicted molar refractivity (Wildman–Crippen MR) is 57.8 cm³/mol. The average Bonchev–Trinajstić information content (AvgIpc) is 2.28. The van der Waals surface area contributed by atoms with Gasteiger partial charge in [0.15, 0.2) is 0 Å². The van der Waals surface area contributed by atoms with Crippen LogP contribution < -0.4 is 4.74 Å². The van der Waals surface area contributed by atoms with E-state index in [-0.39, 0.29) is 10.7 Å². The maximum atomic E-state index is 10.7. The molecule has 0 atom stereocenters. The number of nitro groups is 1. The SMILES string of the molecule is COc1cc2c(Cl)c([N+](=O)[O-])cnc2cn1. The van der Waals surface area contributed by atoms with Crippen LogP contribution in [0.1, 0.15) is 0 Å². The summed E-state index contributed by atoms with van der Waals surface area (Å²) in [5.74, 6) is 0.330. The van der Waals surface area contributed by atoms with Crippen molar-refractivity contribution < 1.29 is 9.66 Å². The van der Waals surface area contributed by atoms with Crippen LogP contribution in [0.4, 0.5) is 5.69 Å². The third-order valence-corrected chi connectivity index (χ3v) is 2.45. The third kappa shape index (κ3) is 1.63. The molecule has 0 radical (unpaired) electrons. The topological polar surface area (TPSA) is 78.2 Å². The summed E-state index contributed by atoms with van der Waals surface area (Å²) in [6.07, 6.45) is 2.56. The molecule has 2 heterocycles. The fraction of sp³-hybridized carbons (Fsp3) is 0.111. The van der Waals surface area contributed by atoms with Crippen LogP contribution in [0.5, 0.6) is 5.88 Å². The molecule has 0 fully saturated rings. The van der Waals surface area contributed by atoms with Crippen molar-refractivity contribution in [2.24, 2.45) is 0 Å². The van der Waals surface area contributed by atoms with E-state index < -0.39 is 4.92 Å². The van der Waals surface area contributed by atoms with Crippen LogP contribution >= 0.6 is 11.6 Å². The molecule has 2 aromatic heterocycles. The van der Waals surface area contributed by atoms with Crippen molar-refractivity contribution in [2.75, 3.05) is 7.11 Å². The Labute approximate surface area is 95.0 Å². The van der Waals surface area contributed by atoms with Crippen LogP contribution in [-0.4, -0.2) is 22.0 Å². The van der Waals surface area contributed by atoms with Crippen molar-refractivity contribution in [3.05, 3.63) is 33.6 Å². The number of fused-ring (bicyclic) bond motifs is 1. The number of halogens is 1. The smallest absolute Gasteiger partial charge is 0.306 e. The van der Waals surface area contributed by atoms with Gasteiger partial charge in [-0.3, -0.25) is 10.1 Å². The average molecular weight is 240 g/mol. The van der Waals surface area contributed by atoms with Gasteiger partial charge in [0.05, 0.1) is 23.7 Å². The lowest BCUT2D eigenvalue weighted by atomic mass is 10.2. The predicted octanol–water partition coefficient (Wildman–Crippen LogP) is 2.20. The summed E-state index contributed by atoms with van der Waals surface area (Å²) in [5.41, 5.74) is 0.249. The van der Waals surface area contributed by atoms with Gasteiger partial charge < -0.3 is 4.74 Å². The van der Waals surface area contributed by atoms with Gasteiger partial charge in [-0.25, -0.2) is 9.97 Å². The van der Waals surface area contributed by atoms with Crippen molar-refractivity contribution in [1.29, 1.82) is 0 Å². The normalized spacial score (nSPS) is 10.4. The van der Waals surface area contributed by atoms with E-state index in [4.69, 9.17) is 16.3 Å². The number of methoxy groups -OCH3 is 1. The molecule has 0 saturated carbocycles. The molecule has 0 spiro atoms. The zero-order valence-electron chi connectivity index (χ0n) is 8.18. The van der Waals surface area contributed by atoms with Gasteiger partial charge in [0.1, 0.15) is 11.2 Å². The van der Waals surface area contributed by atoms with Crippen LogP contribution in [0.15, 0.2) is 18.5 Å². The zero-order valence-corrected chi connectivity index (χ0v) is 8.93. The second-order valence-corrected chi connectivity index (χ2v) is 3.34. The molecular formula is C9H6ClN3O3. The van der Waals surface area contributed by atoms with Crippen molar-refractivity contribution in [3.63, 3.8) is 0 Å². The van der Waals surface area contributed by atoms with Crippen molar-refractivity contribution >= 4 is 28.2 Å². The molecule has 0 unspecified atom stereocenters. The van der Waals surface area contributed by atoms with Gasteiger partial charge in [-0.2, -0.15) is 0 Å². The maximum absolute atomic E-state index is 10.7. The molecule has 0 N–H and O–H groups in total. The number of hydrogen-bond acceptors (Lipinski definition) is 5. The van der Waals surface area contributed by atoms with Crippen LogP contribution in [0.2, 0.25) is 5.02 Å². The van der Waals surface area contributed by atoms with Gasteiger partial charge >= 0.3 is 5.69 Å². The molecule has 0 aromatic carbocycles. The highest BCUT2D eigenvalue weighted by Gasteiger charge is 2.16. The fourth-order valence-corrected chi connectivity index (χ4v) is 1.54. The Hall–Kier alpha value is -1.95. The number of aromatic nitrogens is 2. The fourth-order valence-electron chi connectivity index (χ4n) is 1.27. The van der Waals surface area contributed by atoms with Crippen LogP contribution in [-0.2, 0) is 0 Å². The molecule has 0 amide bonds. The van der Waals surface area contributed by atoms with E-state index in [2.05, 4.69) is 9.97 Å². The Morgan fingerprint density at radius 1 is 1.44 bits per heavy atom. The molecule has 0 aliphatic rings. The molecule has 0 bridgehead atoms. The standard InChI is InChI=1S/C9H6ClN3O3/c1-16-8-2-5-6(3-12-8)11-4-7(9(5)10)13(14)15/h2-4H,1H3. The minimum absolute atomic E-state index is 0.0377. The first kappa shape index (κ1) is 10.6. The second kappa shape index (κ2) is 3.90. The quantitative estimate of drug-likeness (QED) is 0.593. The Kier molecular flexibility index (Phi) is 2.57. The lowest BCUT2D eigenvalue weighted by molar-refractivity contribution is -0.384. The second-order valence-electron chi connectivity index (χ2n) is 2.96. The zero-order chi connectivity index (χ0) is 11.7. The maximum Gasteiger partial charge on any atom is 0.306 e. The summed E-state index contributed by atoms with van der Waals surface area (Å²) in [7, 11) is 1.45. The number of hydrogen-bond donors (Lipinski definition) is 0. The first-order valence-corrected chi connectivity index (χ1v) is 4.64. The van der Waals surface area contributed by atoms with Crippen LogP contribution in [0.3, 0.4) is 0 Å². The van der Waals surface area contributed by atoms with E-state index in [1.807, 2.05) is 0 Å². The van der Waals surface area contributed by atoms with Crippen LogP contribution in [0.25, 0.3) is 10.9 Å². The largest absolute Gasteiger partial charge is 0.481 e. The number of rotatable bonds is 2. The Bertz CT molecular complexity index is 573. The van der Waals surface area contributed by atoms with Gasteiger partial charge in [-0.1, -0.05) is 11.6 Å². The lowest BCUT2D eigenvalue weighted by Crippen LogP contribution is -1.93. The van der Waals surface area contributed by atoms with E-state index in [0.29, 0.717) is 16.8 Å². The lowest BCUT2D eigenvalue weighted by Gasteiger charge is -2.02. The number of nitrogens with zero attached hydrogens (tertiary/aromatic N) is 3. The molecule has 16 heavy (non-hydrogen) atoms. The van der Waals surface area contributed by atoms with Gasteiger partial charge in [0.25, 0.3) is 0 Å². The third-order valence-electron chi connectivity index (χ3n) is 2.05. The van der Waals surface area contributed by atoms with Crippen molar-refractivity contribution in [3.8, 4) is 5.88 Å². The summed E-state index contributed by atoms with van der Waals surface area (Å²) in [4.78, 5) is 17.9. The Morgan fingerprint density at radius 3 is 2.81 bits per heavy atom. The minimum Gasteiger partial charge on any atom is -0.481 e. The van der Waals surface area contributed by atoms with E-state index in [1.54, 1.807) is 0 Å². The first-order chi connectivity index (χ1) is 7.63. The number of ether oxygens (including phenoxy) is 1. The molecule has 0 saturated heterocycles. The number of pyridine rings is 2. The van der Waals surface area contributed by atoms with Crippen LogP contribution in [0, 0.1) is 10.1 Å². The summed E-state index contributed by atoms with van der Waals surface area (Å²) >= 11 is 5.90. The molecular weight excluding hydrogens is 234 g/mol. The minimum atomic E-state index is -0.582. The summed E-state index contributed by atoms with van der Waals surface area (Å²) < 4.78 is 4.91. The van der Waals surface area contributed by atoms with E-state index in [0.717, 1.165) is 6.20 Å². The van der Waals surface area contributed by atoms with Crippen molar-refractivity contribution in [2.45, 2.75) is 0 Å². The van der Waals surface area contributed by atoms with Gasteiger partial charge in [-0.05, 0) is 0 Å². The van der Waals surface area contributed by atoms with Gasteiger partial charge in [0.2, 0.25) is 5.88 Å². The Morgan fingerprint density at radius 2 is 2.19 bits per heavy atom. The van der Waals surface area contributed by atoms with E-state index >= 15 is 0 Å². The molecule has 0 aliphatic heterocycles. The highest BCUT2D eigenvalue weighted by atomic mass is 35.5. The van der Waals surface area contributed by atoms with Gasteiger partial charge in [-0.15, -0.1) is 0 Å². The summed E-state index contributed by atoms with van der Waals surface area (Å²) in [6.45, 7) is 0. The molecule has 82 valence electrons. The molecule has 2 rings (SSSR count). The van der Waals surface area contributed by atoms with Gasteiger partial charge in [0, 0.05) is 11.5 Å². The molecule has 2 aromatic rings. The Balaban J connectivity index is 2.75.